The smallest absolute Gasteiger partial charge is 0.277 e. The lowest BCUT2D eigenvalue weighted by Gasteiger charge is -2.10. The Morgan fingerprint density at radius 2 is 1.92 bits per heavy atom. The first-order chi connectivity index (χ1) is 11.5. The SMILES string of the molecule is Cn1cc(I)c(C(=O)Nc2ccccc2Sc2ccc(Cl)cc2)n1. The van der Waals surface area contributed by atoms with Crippen molar-refractivity contribution >= 4 is 57.5 Å². The fraction of sp³-hybridized carbons (Fsp3) is 0.0588. The molecule has 0 fully saturated rings. The summed E-state index contributed by atoms with van der Waals surface area (Å²) in [6, 6.07) is 15.3. The Balaban J connectivity index is 1.82. The number of aromatic nitrogens is 2. The Morgan fingerprint density at radius 1 is 1.21 bits per heavy atom. The molecule has 1 N–H and O–H groups in total. The van der Waals surface area contributed by atoms with Crippen LogP contribution in [0.25, 0.3) is 0 Å². The molecule has 0 radical (unpaired) electrons. The second-order valence-corrected chi connectivity index (χ2v) is 7.72. The maximum absolute atomic E-state index is 12.5. The van der Waals surface area contributed by atoms with Crippen molar-refractivity contribution in [1.29, 1.82) is 0 Å². The van der Waals surface area contributed by atoms with Gasteiger partial charge in [-0.1, -0.05) is 35.5 Å². The molecule has 1 amide bonds. The van der Waals surface area contributed by atoms with Crippen LogP contribution in [0, 0.1) is 3.57 Å². The van der Waals surface area contributed by atoms with Crippen LogP contribution in [0.5, 0.6) is 0 Å². The first kappa shape index (κ1) is 17.3. The van der Waals surface area contributed by atoms with E-state index in [1.807, 2.05) is 54.7 Å². The fourth-order valence-electron chi connectivity index (χ4n) is 2.08. The van der Waals surface area contributed by atoms with Gasteiger partial charge in [-0.25, -0.2) is 0 Å². The number of carbonyl (C=O) groups excluding carboxylic acids is 1. The van der Waals surface area contributed by atoms with Crippen LogP contribution in [-0.2, 0) is 7.05 Å². The molecule has 0 unspecified atom stereocenters. The normalized spacial score (nSPS) is 10.6. The fourth-order valence-corrected chi connectivity index (χ4v) is 3.87. The Hall–Kier alpha value is -1.51. The standard InChI is InChI=1S/C17H13ClIN3OS/c1-22-10-13(19)16(21-22)17(23)20-14-4-2-3-5-15(14)24-12-8-6-11(18)7-9-12/h2-10H,1H3,(H,20,23). The lowest BCUT2D eigenvalue weighted by atomic mass is 10.3. The molecule has 1 aromatic heterocycles. The summed E-state index contributed by atoms with van der Waals surface area (Å²) in [7, 11) is 1.79. The summed E-state index contributed by atoms with van der Waals surface area (Å²) < 4.78 is 2.45. The Kier molecular flexibility index (Phi) is 5.47. The zero-order chi connectivity index (χ0) is 17.1. The molecule has 24 heavy (non-hydrogen) atoms. The van der Waals surface area contributed by atoms with Gasteiger partial charge in [0.25, 0.3) is 5.91 Å². The first-order valence-corrected chi connectivity index (χ1v) is 9.33. The van der Waals surface area contributed by atoms with Gasteiger partial charge in [-0.2, -0.15) is 5.10 Å². The molecule has 0 saturated heterocycles. The van der Waals surface area contributed by atoms with Crippen molar-refractivity contribution in [1.82, 2.24) is 9.78 Å². The number of nitrogens with one attached hydrogen (secondary N) is 1. The van der Waals surface area contributed by atoms with E-state index in [0.29, 0.717) is 10.7 Å². The highest BCUT2D eigenvalue weighted by atomic mass is 127. The van der Waals surface area contributed by atoms with Crippen molar-refractivity contribution in [3.05, 3.63) is 69.0 Å². The van der Waals surface area contributed by atoms with Crippen LogP contribution in [0.4, 0.5) is 5.69 Å². The molecule has 0 atom stereocenters. The summed E-state index contributed by atoms with van der Waals surface area (Å²) in [5, 5.41) is 7.85. The van der Waals surface area contributed by atoms with Crippen LogP contribution in [0.2, 0.25) is 5.02 Å². The first-order valence-electron chi connectivity index (χ1n) is 7.06. The third-order valence-electron chi connectivity index (χ3n) is 3.18. The molecule has 0 aliphatic heterocycles. The van der Waals surface area contributed by atoms with Gasteiger partial charge in [0, 0.05) is 28.1 Å². The van der Waals surface area contributed by atoms with Gasteiger partial charge in [-0.15, -0.1) is 0 Å². The van der Waals surface area contributed by atoms with Gasteiger partial charge in [0.1, 0.15) is 0 Å². The number of para-hydroxylation sites is 1. The zero-order valence-electron chi connectivity index (χ0n) is 12.7. The van der Waals surface area contributed by atoms with Crippen molar-refractivity contribution in [3.63, 3.8) is 0 Å². The van der Waals surface area contributed by atoms with Crippen molar-refractivity contribution in [2.75, 3.05) is 5.32 Å². The summed E-state index contributed by atoms with van der Waals surface area (Å²) >= 11 is 9.60. The minimum absolute atomic E-state index is 0.218. The number of nitrogens with zero attached hydrogens (tertiary/aromatic N) is 2. The van der Waals surface area contributed by atoms with Crippen molar-refractivity contribution in [3.8, 4) is 0 Å². The predicted octanol–water partition coefficient (Wildman–Crippen LogP) is 5.08. The monoisotopic (exact) mass is 469 g/mol. The molecule has 4 nitrogen and oxygen atoms in total. The Bertz CT molecular complexity index is 880. The third-order valence-corrected chi connectivity index (χ3v) is 5.30. The molecule has 122 valence electrons. The molecular weight excluding hydrogens is 457 g/mol. The van der Waals surface area contributed by atoms with Gasteiger partial charge in [0.2, 0.25) is 0 Å². The molecule has 7 heteroatoms. The lowest BCUT2D eigenvalue weighted by Crippen LogP contribution is -2.14. The van der Waals surface area contributed by atoms with Gasteiger partial charge in [-0.3, -0.25) is 9.48 Å². The average molecular weight is 470 g/mol. The predicted molar refractivity (Wildman–Crippen MR) is 106 cm³/mol. The Morgan fingerprint density at radius 3 is 2.58 bits per heavy atom. The number of hydrogen-bond donors (Lipinski definition) is 1. The highest BCUT2D eigenvalue weighted by Gasteiger charge is 2.16. The van der Waals surface area contributed by atoms with Gasteiger partial charge in [-0.05, 0) is 59.0 Å². The molecule has 0 saturated carbocycles. The number of halogens is 2. The molecule has 2 aromatic carbocycles. The lowest BCUT2D eigenvalue weighted by molar-refractivity contribution is 0.102. The van der Waals surface area contributed by atoms with E-state index < -0.39 is 0 Å². The van der Waals surface area contributed by atoms with Crippen LogP contribution in [-0.4, -0.2) is 15.7 Å². The zero-order valence-corrected chi connectivity index (χ0v) is 16.4. The van der Waals surface area contributed by atoms with Gasteiger partial charge in [0.15, 0.2) is 5.69 Å². The van der Waals surface area contributed by atoms with Crippen LogP contribution in [0.15, 0.2) is 64.5 Å². The van der Waals surface area contributed by atoms with E-state index in [0.717, 1.165) is 19.0 Å². The molecule has 0 aliphatic rings. The van der Waals surface area contributed by atoms with Gasteiger partial charge >= 0.3 is 0 Å². The molecule has 3 aromatic rings. The highest BCUT2D eigenvalue weighted by molar-refractivity contribution is 14.1. The molecule has 0 spiro atoms. The van der Waals surface area contributed by atoms with Gasteiger partial charge in [0.05, 0.1) is 9.26 Å². The van der Waals surface area contributed by atoms with Gasteiger partial charge < -0.3 is 5.32 Å². The van der Waals surface area contributed by atoms with E-state index in [1.165, 1.54) is 0 Å². The average Bonchev–Trinajstić information content (AvgIpc) is 2.90. The summed E-state index contributed by atoms with van der Waals surface area (Å²) in [4.78, 5) is 14.5. The van der Waals surface area contributed by atoms with E-state index >= 15 is 0 Å². The number of hydrogen-bond acceptors (Lipinski definition) is 3. The number of anilines is 1. The number of amides is 1. The van der Waals surface area contributed by atoms with Crippen LogP contribution in [0.1, 0.15) is 10.5 Å². The van der Waals surface area contributed by atoms with E-state index in [2.05, 4.69) is 33.0 Å². The van der Waals surface area contributed by atoms with E-state index in [4.69, 9.17) is 11.6 Å². The minimum Gasteiger partial charge on any atom is -0.320 e. The third kappa shape index (κ3) is 4.12. The second kappa shape index (κ2) is 7.58. The van der Waals surface area contributed by atoms with E-state index in [9.17, 15) is 4.79 Å². The van der Waals surface area contributed by atoms with E-state index in [-0.39, 0.29) is 5.91 Å². The summed E-state index contributed by atoms with van der Waals surface area (Å²) in [5.41, 5.74) is 1.17. The van der Waals surface area contributed by atoms with E-state index in [1.54, 1.807) is 23.5 Å². The Labute approximate surface area is 162 Å². The molecular formula is C17H13ClIN3OS. The van der Waals surface area contributed by atoms with Crippen molar-refractivity contribution < 1.29 is 4.79 Å². The number of benzene rings is 2. The van der Waals surface area contributed by atoms with Crippen LogP contribution >= 0.6 is 46.0 Å². The second-order valence-electron chi connectivity index (χ2n) is 5.01. The topological polar surface area (TPSA) is 46.9 Å². The van der Waals surface area contributed by atoms with Crippen molar-refractivity contribution in [2.45, 2.75) is 9.79 Å². The molecule has 1 heterocycles. The molecule has 3 rings (SSSR count). The summed E-state index contributed by atoms with van der Waals surface area (Å²) in [6.07, 6.45) is 1.81. The van der Waals surface area contributed by atoms with Crippen molar-refractivity contribution in [2.24, 2.45) is 7.05 Å². The minimum atomic E-state index is -0.218. The van der Waals surface area contributed by atoms with Crippen LogP contribution < -0.4 is 5.32 Å². The molecule has 0 aliphatic carbocycles. The summed E-state index contributed by atoms with van der Waals surface area (Å²) in [6.45, 7) is 0. The number of rotatable bonds is 4. The van der Waals surface area contributed by atoms with Crippen LogP contribution in [0.3, 0.4) is 0 Å². The molecule has 0 bridgehead atoms. The summed E-state index contributed by atoms with van der Waals surface area (Å²) in [5.74, 6) is -0.218. The number of aryl methyl sites for hydroxylation is 1. The maximum Gasteiger partial charge on any atom is 0.277 e. The maximum atomic E-state index is 12.5. The quantitative estimate of drug-likeness (QED) is 0.542. The number of carbonyl (C=O) groups is 1. The highest BCUT2D eigenvalue weighted by Crippen LogP contribution is 2.34. The largest absolute Gasteiger partial charge is 0.320 e.